The van der Waals surface area contributed by atoms with Gasteiger partial charge in [-0.1, -0.05) is 13.3 Å². The Bertz CT molecular complexity index is 306. The summed E-state index contributed by atoms with van der Waals surface area (Å²) in [4.78, 5) is 25.1. The molecule has 0 N–H and O–H groups in total. The van der Waals surface area contributed by atoms with Crippen LogP contribution >= 0.6 is 0 Å². The predicted octanol–water partition coefficient (Wildman–Crippen LogP) is 2.61. The highest BCUT2D eigenvalue weighted by molar-refractivity contribution is 5.86. The number of hydrogen-bond donors (Lipinski definition) is 0. The molecule has 2 atom stereocenters. The van der Waals surface area contributed by atoms with Crippen LogP contribution < -0.4 is 0 Å². The molecule has 1 aliphatic heterocycles. The van der Waals surface area contributed by atoms with Gasteiger partial charge in [-0.2, -0.15) is 0 Å². The summed E-state index contributed by atoms with van der Waals surface area (Å²) in [5.74, 6) is 0.461. The Morgan fingerprint density at radius 1 is 1.35 bits per heavy atom. The summed E-state index contributed by atoms with van der Waals surface area (Å²) >= 11 is 0. The fraction of sp³-hybridized carbons (Fsp3) is 0.846. The van der Waals surface area contributed by atoms with Crippen molar-refractivity contribution in [3.05, 3.63) is 0 Å². The molecule has 0 bridgehead atoms. The summed E-state index contributed by atoms with van der Waals surface area (Å²) in [5, 5.41) is 0. The fourth-order valence-electron chi connectivity index (χ4n) is 2.13. The molecule has 0 radical (unpaired) electrons. The summed E-state index contributed by atoms with van der Waals surface area (Å²) < 4.78 is 5.33. The van der Waals surface area contributed by atoms with Gasteiger partial charge in [-0.15, -0.1) is 0 Å². The quantitative estimate of drug-likeness (QED) is 0.746. The van der Waals surface area contributed by atoms with E-state index in [0.717, 1.165) is 12.8 Å². The van der Waals surface area contributed by atoms with Crippen LogP contribution in [0.2, 0.25) is 0 Å². The molecule has 1 saturated heterocycles. The van der Waals surface area contributed by atoms with Crippen molar-refractivity contribution in [2.24, 2.45) is 5.92 Å². The highest BCUT2D eigenvalue weighted by Gasteiger charge is 2.38. The minimum Gasteiger partial charge on any atom is -0.444 e. The predicted molar refractivity (Wildman–Crippen MR) is 65.8 cm³/mol. The molecular formula is C13H23NO3. The maximum atomic E-state index is 12.0. The molecule has 4 heteroatoms. The van der Waals surface area contributed by atoms with Gasteiger partial charge in [-0.05, 0) is 40.0 Å². The molecule has 1 amide bonds. The minimum atomic E-state index is -0.511. The Morgan fingerprint density at radius 3 is 2.35 bits per heavy atom. The third-order valence-corrected chi connectivity index (χ3v) is 3.06. The van der Waals surface area contributed by atoms with Gasteiger partial charge in [-0.3, -0.25) is 9.69 Å². The molecule has 0 saturated carbocycles. The molecular weight excluding hydrogens is 218 g/mol. The summed E-state index contributed by atoms with van der Waals surface area (Å²) in [6.07, 6.45) is 1.39. The van der Waals surface area contributed by atoms with Crippen molar-refractivity contribution in [3.8, 4) is 0 Å². The van der Waals surface area contributed by atoms with E-state index in [2.05, 4.69) is 6.92 Å². The number of ether oxygens (including phenoxy) is 1. The summed E-state index contributed by atoms with van der Waals surface area (Å²) in [5.41, 5.74) is -0.511. The van der Waals surface area contributed by atoms with E-state index in [1.165, 1.54) is 0 Å². The maximum Gasteiger partial charge on any atom is 0.410 e. The number of carbonyl (C=O) groups excluding carboxylic acids is 2. The van der Waals surface area contributed by atoms with Gasteiger partial charge in [-0.25, -0.2) is 4.79 Å². The van der Waals surface area contributed by atoms with Crippen LogP contribution in [0.4, 0.5) is 4.79 Å². The standard InChI is InChI=1S/C13H23NO3/c1-6-10-7-11(9(2)15)14(8-10)12(16)17-13(3,4)5/h10-11H,6-8H2,1-5H3/t10-,11-/m0/s1. The van der Waals surface area contributed by atoms with Gasteiger partial charge < -0.3 is 4.74 Å². The molecule has 0 spiro atoms. The normalized spacial score (nSPS) is 24.9. The fourth-order valence-corrected chi connectivity index (χ4v) is 2.13. The number of carbonyl (C=O) groups is 2. The van der Waals surface area contributed by atoms with Crippen LogP contribution in [-0.4, -0.2) is 35.0 Å². The first kappa shape index (κ1) is 14.0. The Balaban J connectivity index is 2.73. The molecule has 4 nitrogen and oxygen atoms in total. The molecule has 1 rings (SSSR count). The van der Waals surface area contributed by atoms with E-state index in [-0.39, 0.29) is 17.9 Å². The zero-order valence-corrected chi connectivity index (χ0v) is 11.4. The topological polar surface area (TPSA) is 46.6 Å². The molecule has 0 aromatic heterocycles. The second-order valence-corrected chi connectivity index (χ2v) is 5.77. The second kappa shape index (κ2) is 5.07. The van der Waals surface area contributed by atoms with Crippen LogP contribution in [0, 0.1) is 5.92 Å². The molecule has 1 aliphatic rings. The lowest BCUT2D eigenvalue weighted by Gasteiger charge is -2.27. The van der Waals surface area contributed by atoms with Crippen LogP contribution in [0.15, 0.2) is 0 Å². The second-order valence-electron chi connectivity index (χ2n) is 5.77. The Hall–Kier alpha value is -1.06. The third-order valence-electron chi connectivity index (χ3n) is 3.06. The monoisotopic (exact) mass is 241 g/mol. The smallest absolute Gasteiger partial charge is 0.410 e. The van der Waals surface area contributed by atoms with Crippen molar-refractivity contribution >= 4 is 11.9 Å². The van der Waals surface area contributed by atoms with E-state index < -0.39 is 5.60 Å². The number of amides is 1. The number of nitrogens with zero attached hydrogens (tertiary/aromatic N) is 1. The van der Waals surface area contributed by atoms with Crippen LogP contribution in [0.25, 0.3) is 0 Å². The number of rotatable bonds is 2. The molecule has 1 fully saturated rings. The van der Waals surface area contributed by atoms with E-state index in [4.69, 9.17) is 4.74 Å². The van der Waals surface area contributed by atoms with Crippen LogP contribution in [0.5, 0.6) is 0 Å². The van der Waals surface area contributed by atoms with Crippen LogP contribution in [0.1, 0.15) is 47.5 Å². The van der Waals surface area contributed by atoms with Crippen molar-refractivity contribution in [2.45, 2.75) is 59.1 Å². The first-order valence-corrected chi connectivity index (χ1v) is 6.24. The molecule has 0 aromatic carbocycles. The summed E-state index contributed by atoms with van der Waals surface area (Å²) in [7, 11) is 0. The Labute approximate surface area is 103 Å². The van der Waals surface area contributed by atoms with Gasteiger partial charge in [0.05, 0.1) is 6.04 Å². The lowest BCUT2D eigenvalue weighted by molar-refractivity contribution is -0.121. The molecule has 98 valence electrons. The zero-order valence-electron chi connectivity index (χ0n) is 11.4. The minimum absolute atomic E-state index is 0.0480. The first-order chi connectivity index (χ1) is 7.74. The lowest BCUT2D eigenvalue weighted by atomic mass is 10.0. The lowest BCUT2D eigenvalue weighted by Crippen LogP contribution is -2.42. The summed E-state index contributed by atoms with van der Waals surface area (Å²) in [6, 6.07) is -0.296. The van der Waals surface area contributed by atoms with Crippen molar-refractivity contribution < 1.29 is 14.3 Å². The van der Waals surface area contributed by atoms with E-state index >= 15 is 0 Å². The van der Waals surface area contributed by atoms with E-state index in [1.807, 2.05) is 20.8 Å². The molecule has 0 unspecified atom stereocenters. The molecule has 0 aliphatic carbocycles. The van der Waals surface area contributed by atoms with E-state index in [0.29, 0.717) is 12.5 Å². The molecule has 17 heavy (non-hydrogen) atoms. The number of hydrogen-bond acceptors (Lipinski definition) is 3. The molecule has 1 heterocycles. The Kier molecular flexibility index (Phi) is 4.17. The van der Waals surface area contributed by atoms with Crippen molar-refractivity contribution in [1.82, 2.24) is 4.90 Å². The largest absolute Gasteiger partial charge is 0.444 e. The van der Waals surface area contributed by atoms with Gasteiger partial charge in [0.1, 0.15) is 5.60 Å². The van der Waals surface area contributed by atoms with E-state index in [1.54, 1.807) is 11.8 Å². The average molecular weight is 241 g/mol. The summed E-state index contributed by atoms with van der Waals surface area (Å²) in [6.45, 7) is 9.76. The van der Waals surface area contributed by atoms with Crippen LogP contribution in [0.3, 0.4) is 0 Å². The van der Waals surface area contributed by atoms with Gasteiger partial charge in [0.25, 0.3) is 0 Å². The Morgan fingerprint density at radius 2 is 1.94 bits per heavy atom. The highest BCUT2D eigenvalue weighted by Crippen LogP contribution is 2.27. The van der Waals surface area contributed by atoms with Gasteiger partial charge in [0, 0.05) is 6.54 Å². The first-order valence-electron chi connectivity index (χ1n) is 6.24. The van der Waals surface area contributed by atoms with Crippen molar-refractivity contribution in [1.29, 1.82) is 0 Å². The van der Waals surface area contributed by atoms with Crippen molar-refractivity contribution in [2.75, 3.05) is 6.54 Å². The maximum absolute atomic E-state index is 12.0. The van der Waals surface area contributed by atoms with Crippen molar-refractivity contribution in [3.63, 3.8) is 0 Å². The third kappa shape index (κ3) is 3.72. The van der Waals surface area contributed by atoms with Gasteiger partial charge in [0.2, 0.25) is 0 Å². The van der Waals surface area contributed by atoms with Gasteiger partial charge in [0.15, 0.2) is 5.78 Å². The SMILES string of the molecule is CC[C@H]1C[C@@H](C(C)=O)N(C(=O)OC(C)(C)C)C1. The average Bonchev–Trinajstić information content (AvgIpc) is 2.58. The number of Topliss-reactive ketones (excluding diaryl/α,β-unsaturated/α-hetero) is 1. The molecule has 0 aromatic rings. The number of likely N-dealkylation sites (tertiary alicyclic amines) is 1. The van der Waals surface area contributed by atoms with E-state index in [9.17, 15) is 9.59 Å². The van der Waals surface area contributed by atoms with Gasteiger partial charge >= 0.3 is 6.09 Å². The zero-order chi connectivity index (χ0) is 13.2. The highest BCUT2D eigenvalue weighted by atomic mass is 16.6. The number of ketones is 1. The van der Waals surface area contributed by atoms with Crippen LogP contribution in [-0.2, 0) is 9.53 Å².